The van der Waals surface area contributed by atoms with Gasteiger partial charge < -0.3 is 10.0 Å². The van der Waals surface area contributed by atoms with Gasteiger partial charge >= 0.3 is 6.03 Å². The predicted octanol–water partition coefficient (Wildman–Crippen LogP) is 3.05. The first-order valence-electron chi connectivity index (χ1n) is 7.45. The summed E-state index contributed by atoms with van der Waals surface area (Å²) in [4.78, 5) is 14.1. The molecule has 0 radical (unpaired) electrons. The molecule has 2 aromatic rings. The molecule has 2 N–H and O–H groups in total. The van der Waals surface area contributed by atoms with Crippen LogP contribution in [0.4, 0.5) is 9.80 Å². The van der Waals surface area contributed by atoms with E-state index in [-0.39, 0.29) is 18.6 Å². The van der Waals surface area contributed by atoms with E-state index in [0.717, 1.165) is 35.6 Å². The number of carbonyl (C=O) groups excluding carboxylic acids is 1. The summed E-state index contributed by atoms with van der Waals surface area (Å²) >= 11 is 1.29. The molecular weight excluding hydrogens is 298 g/mol. The Kier molecular flexibility index (Phi) is 4.70. The molecule has 1 aromatic heterocycles. The summed E-state index contributed by atoms with van der Waals surface area (Å²) in [5.41, 5.74) is 1.91. The van der Waals surface area contributed by atoms with E-state index < -0.39 is 0 Å². The summed E-state index contributed by atoms with van der Waals surface area (Å²) in [6, 6.07) is 11.7. The number of anilines is 1. The van der Waals surface area contributed by atoms with Crippen molar-refractivity contribution in [1.29, 1.82) is 0 Å². The molecule has 2 amide bonds. The van der Waals surface area contributed by atoms with Crippen LogP contribution in [0.15, 0.2) is 36.4 Å². The van der Waals surface area contributed by atoms with Crippen LogP contribution < -0.4 is 5.32 Å². The normalized spacial score (nSPS) is 18.2. The minimum Gasteiger partial charge on any atom is -0.396 e. The number of urea groups is 1. The summed E-state index contributed by atoms with van der Waals surface area (Å²) in [6.07, 6.45) is 1.93. The van der Waals surface area contributed by atoms with Crippen molar-refractivity contribution in [2.75, 3.05) is 25.0 Å². The van der Waals surface area contributed by atoms with Gasteiger partial charge in [0, 0.05) is 31.3 Å². The van der Waals surface area contributed by atoms with Gasteiger partial charge in [0.05, 0.1) is 5.69 Å². The van der Waals surface area contributed by atoms with Gasteiger partial charge in [0.15, 0.2) is 0 Å². The maximum absolute atomic E-state index is 12.3. The van der Waals surface area contributed by atoms with E-state index in [0.29, 0.717) is 6.54 Å². The maximum Gasteiger partial charge on any atom is 0.322 e. The smallest absolute Gasteiger partial charge is 0.322 e. The zero-order valence-electron chi connectivity index (χ0n) is 12.2. The van der Waals surface area contributed by atoms with Crippen molar-refractivity contribution in [2.45, 2.75) is 12.8 Å². The van der Waals surface area contributed by atoms with E-state index in [4.69, 9.17) is 0 Å². The number of aliphatic hydroxyl groups is 1. The SMILES string of the molecule is O=C(Nc1cc(-c2ccccc2)ns1)N1CCC[C@H](CO)C1. The molecule has 3 rings (SSSR count). The highest BCUT2D eigenvalue weighted by atomic mass is 32.1. The summed E-state index contributed by atoms with van der Waals surface area (Å²) in [5, 5.41) is 12.9. The van der Waals surface area contributed by atoms with Crippen molar-refractivity contribution < 1.29 is 9.90 Å². The molecule has 5 nitrogen and oxygen atoms in total. The van der Waals surface area contributed by atoms with Gasteiger partial charge in [-0.1, -0.05) is 30.3 Å². The monoisotopic (exact) mass is 317 g/mol. The second-order valence-corrected chi connectivity index (χ2v) is 6.31. The van der Waals surface area contributed by atoms with Crippen LogP contribution in [0.5, 0.6) is 0 Å². The van der Waals surface area contributed by atoms with Crippen molar-refractivity contribution in [1.82, 2.24) is 9.27 Å². The van der Waals surface area contributed by atoms with E-state index >= 15 is 0 Å². The highest BCUT2D eigenvalue weighted by molar-refractivity contribution is 7.10. The molecule has 1 aliphatic rings. The third kappa shape index (κ3) is 3.45. The minimum atomic E-state index is -0.110. The number of aromatic nitrogens is 1. The van der Waals surface area contributed by atoms with E-state index in [2.05, 4.69) is 9.69 Å². The number of rotatable bonds is 3. The fourth-order valence-corrected chi connectivity index (χ4v) is 3.31. The fraction of sp³-hybridized carbons (Fsp3) is 0.375. The zero-order chi connectivity index (χ0) is 15.4. The molecule has 0 bridgehead atoms. The number of hydrogen-bond acceptors (Lipinski definition) is 4. The lowest BCUT2D eigenvalue weighted by molar-refractivity contribution is 0.136. The van der Waals surface area contributed by atoms with E-state index in [1.165, 1.54) is 11.5 Å². The van der Waals surface area contributed by atoms with Gasteiger partial charge in [-0.05, 0) is 30.3 Å². The Morgan fingerprint density at radius 1 is 1.41 bits per heavy atom. The number of aliphatic hydroxyl groups excluding tert-OH is 1. The molecule has 6 heteroatoms. The van der Waals surface area contributed by atoms with E-state index in [1.54, 1.807) is 4.90 Å². The first kappa shape index (κ1) is 15.0. The highest BCUT2D eigenvalue weighted by Gasteiger charge is 2.23. The Morgan fingerprint density at radius 3 is 3.00 bits per heavy atom. The summed E-state index contributed by atoms with van der Waals surface area (Å²) in [5.74, 6) is 0.195. The van der Waals surface area contributed by atoms with Crippen LogP contribution in [0.2, 0.25) is 0 Å². The Balaban J connectivity index is 1.64. The predicted molar refractivity (Wildman–Crippen MR) is 88.0 cm³/mol. The van der Waals surface area contributed by atoms with Crippen molar-refractivity contribution >= 4 is 22.6 Å². The fourth-order valence-electron chi connectivity index (χ4n) is 2.66. The van der Waals surface area contributed by atoms with Crippen molar-refractivity contribution in [3.63, 3.8) is 0 Å². The summed E-state index contributed by atoms with van der Waals surface area (Å²) in [6.45, 7) is 1.50. The average Bonchev–Trinajstić information content (AvgIpc) is 3.04. The standard InChI is InChI=1S/C16H19N3O2S/c20-11-12-5-4-8-19(10-12)16(21)17-15-9-14(18-22-15)13-6-2-1-3-7-13/h1-3,6-7,9,12,20H,4-5,8,10-11H2,(H,17,21)/t12-/m0/s1. The van der Waals surface area contributed by atoms with Gasteiger partial charge in [0.2, 0.25) is 0 Å². The quantitative estimate of drug-likeness (QED) is 0.914. The van der Waals surface area contributed by atoms with Crippen LogP contribution in [-0.2, 0) is 0 Å². The number of carbonyl (C=O) groups is 1. The number of nitrogens with one attached hydrogen (secondary N) is 1. The van der Waals surface area contributed by atoms with Gasteiger partial charge in [0.25, 0.3) is 0 Å². The second kappa shape index (κ2) is 6.89. The van der Waals surface area contributed by atoms with Crippen molar-refractivity contribution in [2.24, 2.45) is 5.92 Å². The molecule has 1 aromatic carbocycles. The Morgan fingerprint density at radius 2 is 2.23 bits per heavy atom. The van der Waals surface area contributed by atoms with Crippen LogP contribution in [0.1, 0.15) is 12.8 Å². The van der Waals surface area contributed by atoms with Crippen molar-refractivity contribution in [3.05, 3.63) is 36.4 Å². The average molecular weight is 317 g/mol. The third-order valence-corrected chi connectivity index (χ3v) is 4.58. The molecule has 1 atom stereocenters. The first-order valence-corrected chi connectivity index (χ1v) is 8.22. The number of piperidine rings is 1. The second-order valence-electron chi connectivity index (χ2n) is 5.51. The molecular formula is C16H19N3O2S. The summed E-state index contributed by atoms with van der Waals surface area (Å²) in [7, 11) is 0. The van der Waals surface area contributed by atoms with Gasteiger partial charge in [-0.15, -0.1) is 0 Å². The Bertz CT molecular complexity index is 629. The van der Waals surface area contributed by atoms with E-state index in [1.807, 2.05) is 36.4 Å². The number of amides is 2. The highest BCUT2D eigenvalue weighted by Crippen LogP contribution is 2.26. The topological polar surface area (TPSA) is 65.5 Å². The van der Waals surface area contributed by atoms with Gasteiger partial charge in [-0.3, -0.25) is 5.32 Å². The van der Waals surface area contributed by atoms with Gasteiger partial charge in [-0.2, -0.15) is 4.37 Å². The molecule has 116 valence electrons. The number of hydrogen-bond donors (Lipinski definition) is 2. The molecule has 1 aliphatic heterocycles. The largest absolute Gasteiger partial charge is 0.396 e. The van der Waals surface area contributed by atoms with Crippen LogP contribution in [0.3, 0.4) is 0 Å². The van der Waals surface area contributed by atoms with Crippen LogP contribution in [0, 0.1) is 5.92 Å². The molecule has 2 heterocycles. The molecule has 1 saturated heterocycles. The van der Waals surface area contributed by atoms with Gasteiger partial charge in [-0.25, -0.2) is 4.79 Å². The van der Waals surface area contributed by atoms with Crippen LogP contribution in [0.25, 0.3) is 11.3 Å². The molecule has 0 aliphatic carbocycles. The van der Waals surface area contributed by atoms with E-state index in [9.17, 15) is 9.90 Å². The maximum atomic E-state index is 12.3. The van der Waals surface area contributed by atoms with Crippen LogP contribution in [-0.4, -0.2) is 40.1 Å². The minimum absolute atomic E-state index is 0.110. The Hall–Kier alpha value is -1.92. The molecule has 22 heavy (non-hydrogen) atoms. The number of likely N-dealkylation sites (tertiary alicyclic amines) is 1. The molecule has 0 spiro atoms. The lowest BCUT2D eigenvalue weighted by atomic mass is 9.99. The number of benzene rings is 1. The lowest BCUT2D eigenvalue weighted by Gasteiger charge is -2.31. The van der Waals surface area contributed by atoms with Crippen LogP contribution >= 0.6 is 11.5 Å². The zero-order valence-corrected chi connectivity index (χ0v) is 13.1. The van der Waals surface area contributed by atoms with Gasteiger partial charge in [0.1, 0.15) is 5.00 Å². The molecule has 0 unspecified atom stereocenters. The number of nitrogens with zero attached hydrogens (tertiary/aromatic N) is 2. The molecule has 0 saturated carbocycles. The van der Waals surface area contributed by atoms with Crippen molar-refractivity contribution in [3.8, 4) is 11.3 Å². The molecule has 1 fully saturated rings. The summed E-state index contributed by atoms with van der Waals surface area (Å²) < 4.78 is 4.38. The third-order valence-electron chi connectivity index (χ3n) is 3.87. The first-order chi connectivity index (χ1) is 10.8. The lowest BCUT2D eigenvalue weighted by Crippen LogP contribution is -2.43. The Labute approximate surface area is 133 Å².